The van der Waals surface area contributed by atoms with Gasteiger partial charge in [0.2, 0.25) is 0 Å². The zero-order valence-corrected chi connectivity index (χ0v) is 15.6. The molecule has 2 aromatic carbocycles. The molecule has 1 heterocycles. The minimum atomic E-state index is -0.465. The van der Waals surface area contributed by atoms with Gasteiger partial charge in [0, 0.05) is 22.8 Å². The summed E-state index contributed by atoms with van der Waals surface area (Å²) in [6, 6.07) is 13.1. The highest BCUT2D eigenvalue weighted by Gasteiger charge is 2.31. The van der Waals surface area contributed by atoms with Crippen LogP contribution in [0.2, 0.25) is 5.02 Å². The van der Waals surface area contributed by atoms with Crippen LogP contribution in [-0.4, -0.2) is 26.7 Å². The molecule has 2 aromatic rings. The number of hydrogen-bond donors (Lipinski definition) is 1. The van der Waals surface area contributed by atoms with E-state index < -0.39 is 4.92 Å². The summed E-state index contributed by atoms with van der Waals surface area (Å²) in [6.07, 6.45) is 1.77. The number of rotatable bonds is 5. The van der Waals surface area contributed by atoms with Gasteiger partial charge in [-0.05, 0) is 35.9 Å². The van der Waals surface area contributed by atoms with Gasteiger partial charge in [-0.1, -0.05) is 47.7 Å². The number of nitrogens with one attached hydrogen (secondary N) is 1. The highest BCUT2D eigenvalue weighted by molar-refractivity contribution is 8.26. The number of carbonyl (C=O) groups is 1. The number of carbonyl (C=O) groups excluding carboxylic acids is 1. The Labute approximate surface area is 164 Å². The first-order valence-corrected chi connectivity index (χ1v) is 9.03. The number of nitro groups is 1. The Bertz CT molecular complexity index is 898. The number of anilines is 1. The van der Waals surface area contributed by atoms with Gasteiger partial charge in [-0.3, -0.25) is 19.8 Å². The Morgan fingerprint density at radius 3 is 2.46 bits per heavy atom. The molecule has 1 aliphatic rings. The number of benzene rings is 2. The predicted molar refractivity (Wildman–Crippen MR) is 108 cm³/mol. The van der Waals surface area contributed by atoms with E-state index in [1.54, 1.807) is 30.3 Å². The predicted octanol–water partition coefficient (Wildman–Crippen LogP) is 4.52. The summed E-state index contributed by atoms with van der Waals surface area (Å²) < 4.78 is 0.449. The topological polar surface area (TPSA) is 75.5 Å². The molecule has 26 heavy (non-hydrogen) atoms. The quantitative estimate of drug-likeness (QED) is 0.341. The second-order valence-electron chi connectivity index (χ2n) is 5.30. The number of nitrogens with zero attached hydrogens (tertiary/aromatic N) is 2. The molecule has 0 aliphatic carbocycles. The molecule has 1 N–H and O–H groups in total. The Hall–Kier alpha value is -2.42. The van der Waals surface area contributed by atoms with Crippen LogP contribution in [0.15, 0.2) is 53.4 Å². The normalized spacial score (nSPS) is 15.6. The van der Waals surface area contributed by atoms with Crippen molar-refractivity contribution in [2.45, 2.75) is 0 Å². The zero-order chi connectivity index (χ0) is 18.7. The first kappa shape index (κ1) is 18.4. The number of non-ortho nitro benzene ring substituents is 1. The van der Waals surface area contributed by atoms with Crippen molar-refractivity contribution >= 4 is 63.3 Å². The number of halogens is 1. The van der Waals surface area contributed by atoms with E-state index in [0.717, 1.165) is 5.56 Å². The molecule has 6 nitrogen and oxygen atoms in total. The number of thiocarbonyl (C=S) groups is 1. The first-order chi connectivity index (χ1) is 12.4. The summed E-state index contributed by atoms with van der Waals surface area (Å²) in [5.41, 5.74) is 1.52. The molecule has 0 bridgehead atoms. The average Bonchev–Trinajstić information content (AvgIpc) is 2.89. The summed E-state index contributed by atoms with van der Waals surface area (Å²) in [6.45, 7) is 0.181. The van der Waals surface area contributed by atoms with Gasteiger partial charge in [-0.25, -0.2) is 0 Å². The Morgan fingerprint density at radius 2 is 1.85 bits per heavy atom. The molecule has 0 spiro atoms. The van der Waals surface area contributed by atoms with Gasteiger partial charge < -0.3 is 5.32 Å². The van der Waals surface area contributed by atoms with Crippen LogP contribution in [0.25, 0.3) is 6.08 Å². The third kappa shape index (κ3) is 4.21. The van der Waals surface area contributed by atoms with Crippen molar-refractivity contribution in [3.63, 3.8) is 0 Å². The van der Waals surface area contributed by atoms with Crippen LogP contribution < -0.4 is 5.32 Å². The molecule has 1 aliphatic heterocycles. The maximum absolute atomic E-state index is 12.5. The second kappa shape index (κ2) is 7.86. The Kier molecular flexibility index (Phi) is 5.55. The van der Waals surface area contributed by atoms with Crippen molar-refractivity contribution < 1.29 is 9.72 Å². The first-order valence-electron chi connectivity index (χ1n) is 7.43. The van der Waals surface area contributed by atoms with Gasteiger partial charge in [0.1, 0.15) is 4.32 Å². The minimum absolute atomic E-state index is 0.00654. The van der Waals surface area contributed by atoms with Crippen LogP contribution in [0.1, 0.15) is 5.56 Å². The molecule has 1 fully saturated rings. The zero-order valence-electron chi connectivity index (χ0n) is 13.2. The molecule has 9 heteroatoms. The van der Waals surface area contributed by atoms with Crippen LogP contribution >= 0.6 is 35.6 Å². The molecule has 0 saturated carbocycles. The van der Waals surface area contributed by atoms with Crippen LogP contribution in [-0.2, 0) is 4.79 Å². The van der Waals surface area contributed by atoms with E-state index in [-0.39, 0.29) is 18.3 Å². The summed E-state index contributed by atoms with van der Waals surface area (Å²) in [5, 5.41) is 14.3. The number of amides is 1. The number of hydrogen-bond acceptors (Lipinski definition) is 6. The van der Waals surface area contributed by atoms with E-state index in [9.17, 15) is 14.9 Å². The van der Waals surface area contributed by atoms with Crippen molar-refractivity contribution in [3.05, 3.63) is 74.1 Å². The van der Waals surface area contributed by atoms with Crippen molar-refractivity contribution in [1.29, 1.82) is 0 Å². The van der Waals surface area contributed by atoms with Crippen LogP contribution in [0, 0.1) is 10.1 Å². The maximum Gasteiger partial charge on any atom is 0.269 e. The van der Waals surface area contributed by atoms with Gasteiger partial charge in [0.15, 0.2) is 0 Å². The summed E-state index contributed by atoms with van der Waals surface area (Å²) >= 11 is 12.4. The fraction of sp³-hybridized carbons (Fsp3) is 0.0588. The van der Waals surface area contributed by atoms with E-state index in [1.165, 1.54) is 28.8 Å². The smallest absolute Gasteiger partial charge is 0.269 e. The lowest BCUT2D eigenvalue weighted by Crippen LogP contribution is -2.33. The molecule has 3 rings (SSSR count). The average molecular weight is 406 g/mol. The molecule has 132 valence electrons. The van der Waals surface area contributed by atoms with Crippen LogP contribution in [0.3, 0.4) is 0 Å². The fourth-order valence-electron chi connectivity index (χ4n) is 2.22. The van der Waals surface area contributed by atoms with Crippen molar-refractivity contribution in [2.75, 3.05) is 12.0 Å². The summed E-state index contributed by atoms with van der Waals surface area (Å²) in [5.74, 6) is -0.190. The van der Waals surface area contributed by atoms with Crippen LogP contribution in [0.5, 0.6) is 0 Å². The van der Waals surface area contributed by atoms with Crippen molar-refractivity contribution in [2.24, 2.45) is 0 Å². The molecular weight excluding hydrogens is 394 g/mol. The standard InChI is InChI=1S/C17H12ClN3O3S2/c18-12-3-1-11(2-4-12)9-15-16(22)20(17(25)26-15)10-19-13-5-7-14(8-6-13)21(23)24/h1-9,19H,10H2. The monoisotopic (exact) mass is 405 g/mol. The third-order valence-corrected chi connectivity index (χ3v) is 5.19. The lowest BCUT2D eigenvalue weighted by atomic mass is 10.2. The summed E-state index contributed by atoms with van der Waals surface area (Å²) in [7, 11) is 0. The highest BCUT2D eigenvalue weighted by atomic mass is 35.5. The summed E-state index contributed by atoms with van der Waals surface area (Å²) in [4.78, 5) is 24.7. The van der Waals surface area contributed by atoms with Crippen LogP contribution in [0.4, 0.5) is 11.4 Å². The molecule has 1 saturated heterocycles. The molecule has 0 aromatic heterocycles. The van der Waals surface area contributed by atoms with Gasteiger partial charge >= 0.3 is 0 Å². The third-order valence-electron chi connectivity index (χ3n) is 3.56. The fourth-order valence-corrected chi connectivity index (χ4v) is 3.60. The van der Waals surface area contributed by atoms with E-state index in [1.807, 2.05) is 12.1 Å². The van der Waals surface area contributed by atoms with Gasteiger partial charge in [0.05, 0.1) is 16.5 Å². The molecular formula is C17H12ClN3O3S2. The maximum atomic E-state index is 12.5. The minimum Gasteiger partial charge on any atom is -0.367 e. The lowest BCUT2D eigenvalue weighted by Gasteiger charge is -2.16. The molecule has 1 amide bonds. The Morgan fingerprint density at radius 1 is 1.19 bits per heavy atom. The Balaban J connectivity index is 1.67. The van der Waals surface area contributed by atoms with Gasteiger partial charge in [-0.2, -0.15) is 0 Å². The SMILES string of the molecule is O=C1C(=Cc2ccc(Cl)cc2)SC(=S)N1CNc1ccc([N+](=O)[O-])cc1. The number of nitro benzene ring substituents is 1. The van der Waals surface area contributed by atoms with Crippen molar-refractivity contribution in [3.8, 4) is 0 Å². The van der Waals surface area contributed by atoms with Gasteiger partial charge in [-0.15, -0.1) is 0 Å². The lowest BCUT2D eigenvalue weighted by molar-refractivity contribution is -0.384. The second-order valence-corrected chi connectivity index (χ2v) is 7.41. The highest BCUT2D eigenvalue weighted by Crippen LogP contribution is 2.32. The van der Waals surface area contributed by atoms with E-state index in [2.05, 4.69) is 5.32 Å². The van der Waals surface area contributed by atoms with Crippen molar-refractivity contribution in [1.82, 2.24) is 4.90 Å². The van der Waals surface area contributed by atoms with E-state index in [4.69, 9.17) is 23.8 Å². The van der Waals surface area contributed by atoms with E-state index >= 15 is 0 Å². The van der Waals surface area contributed by atoms with E-state index in [0.29, 0.717) is 19.9 Å². The molecule has 0 unspecified atom stereocenters. The molecule has 0 atom stereocenters. The largest absolute Gasteiger partial charge is 0.367 e. The number of thioether (sulfide) groups is 1. The van der Waals surface area contributed by atoms with Gasteiger partial charge in [0.25, 0.3) is 11.6 Å². The molecule has 0 radical (unpaired) electrons.